The van der Waals surface area contributed by atoms with Gasteiger partial charge in [-0.3, -0.25) is 9.59 Å². The van der Waals surface area contributed by atoms with E-state index >= 15 is 0 Å². The van der Waals surface area contributed by atoms with Gasteiger partial charge in [0, 0.05) is 26.2 Å². The van der Waals surface area contributed by atoms with Crippen LogP contribution in [0.5, 0.6) is 11.5 Å². The average molecular weight is 439 g/mol. The number of benzene rings is 2. The Morgan fingerprint density at radius 1 is 0.844 bits per heavy atom. The van der Waals surface area contributed by atoms with Gasteiger partial charge in [0.2, 0.25) is 0 Å². The van der Waals surface area contributed by atoms with Gasteiger partial charge in [-0.05, 0) is 61.6 Å². The van der Waals surface area contributed by atoms with Crippen molar-refractivity contribution < 1.29 is 19.1 Å². The van der Waals surface area contributed by atoms with Crippen LogP contribution in [0.15, 0.2) is 42.5 Å². The van der Waals surface area contributed by atoms with Gasteiger partial charge >= 0.3 is 0 Å². The van der Waals surface area contributed by atoms with Crippen molar-refractivity contribution in [1.82, 2.24) is 9.80 Å². The van der Waals surface area contributed by atoms with Gasteiger partial charge in [0.25, 0.3) is 11.8 Å². The molecule has 1 fully saturated rings. The van der Waals surface area contributed by atoms with Crippen LogP contribution in [0.1, 0.15) is 36.5 Å². The van der Waals surface area contributed by atoms with Crippen molar-refractivity contribution in [2.75, 3.05) is 39.4 Å². The lowest BCUT2D eigenvalue weighted by Gasteiger charge is -2.22. The smallest absolute Gasteiger partial charge is 0.260 e. The Bertz CT molecular complexity index is 911. The summed E-state index contributed by atoms with van der Waals surface area (Å²) in [5.41, 5.74) is 3.45. The molecule has 1 aliphatic heterocycles. The van der Waals surface area contributed by atoms with Crippen LogP contribution >= 0.6 is 0 Å². The first-order valence-corrected chi connectivity index (χ1v) is 11.4. The van der Waals surface area contributed by atoms with Crippen LogP contribution in [0.25, 0.3) is 0 Å². The number of rotatable bonds is 8. The van der Waals surface area contributed by atoms with E-state index in [9.17, 15) is 9.59 Å². The van der Waals surface area contributed by atoms with Crippen LogP contribution in [-0.4, -0.2) is 61.0 Å². The third kappa shape index (κ3) is 6.49. The summed E-state index contributed by atoms with van der Waals surface area (Å²) in [4.78, 5) is 28.8. The highest BCUT2D eigenvalue weighted by Gasteiger charge is 2.22. The first kappa shape index (κ1) is 23.6. The minimum atomic E-state index is -0.0523. The Hall–Kier alpha value is -3.02. The monoisotopic (exact) mass is 438 g/mol. The number of hydrogen-bond donors (Lipinski definition) is 0. The highest BCUT2D eigenvalue weighted by molar-refractivity contribution is 5.79. The van der Waals surface area contributed by atoms with Crippen molar-refractivity contribution >= 4 is 11.8 Å². The Kier molecular flexibility index (Phi) is 8.54. The number of ether oxygens (including phenoxy) is 2. The second-order valence-electron chi connectivity index (χ2n) is 8.28. The van der Waals surface area contributed by atoms with Gasteiger partial charge in [-0.25, -0.2) is 0 Å². The third-order valence-corrected chi connectivity index (χ3v) is 5.93. The summed E-state index contributed by atoms with van der Waals surface area (Å²) in [7, 11) is 0. The maximum atomic E-state index is 12.7. The van der Waals surface area contributed by atoms with Gasteiger partial charge in [-0.15, -0.1) is 0 Å². The van der Waals surface area contributed by atoms with Crippen LogP contribution < -0.4 is 9.47 Å². The van der Waals surface area contributed by atoms with E-state index in [1.165, 1.54) is 5.56 Å². The fraction of sp³-hybridized carbons (Fsp3) is 0.462. The van der Waals surface area contributed by atoms with E-state index < -0.39 is 0 Å². The molecule has 1 heterocycles. The molecule has 2 amide bonds. The first-order valence-electron chi connectivity index (χ1n) is 11.4. The molecule has 0 saturated carbocycles. The van der Waals surface area contributed by atoms with E-state index in [2.05, 4.69) is 6.92 Å². The van der Waals surface area contributed by atoms with Crippen molar-refractivity contribution in [2.45, 2.75) is 40.0 Å². The van der Waals surface area contributed by atoms with Crippen LogP contribution in [-0.2, 0) is 16.0 Å². The number of aryl methyl sites for hydroxylation is 2. The predicted molar refractivity (Wildman–Crippen MR) is 125 cm³/mol. The van der Waals surface area contributed by atoms with Crippen molar-refractivity contribution in [3.63, 3.8) is 0 Å². The number of nitrogens with zero attached hydrogens (tertiary/aromatic N) is 2. The Balaban J connectivity index is 1.44. The zero-order valence-electron chi connectivity index (χ0n) is 19.4. The van der Waals surface area contributed by atoms with E-state index in [0.29, 0.717) is 31.9 Å². The van der Waals surface area contributed by atoms with Crippen molar-refractivity contribution in [3.05, 3.63) is 59.2 Å². The van der Waals surface area contributed by atoms with E-state index in [0.717, 1.165) is 36.1 Å². The molecule has 1 saturated heterocycles. The summed E-state index contributed by atoms with van der Waals surface area (Å²) in [6.07, 6.45) is 2.88. The van der Waals surface area contributed by atoms with Crippen LogP contribution in [0.4, 0.5) is 0 Å². The fourth-order valence-electron chi connectivity index (χ4n) is 3.80. The second kappa shape index (κ2) is 11.6. The number of carbonyl (C=O) groups excluding carboxylic acids is 2. The van der Waals surface area contributed by atoms with Gasteiger partial charge in [-0.1, -0.05) is 37.6 Å². The molecule has 0 bridgehead atoms. The Morgan fingerprint density at radius 3 is 2.09 bits per heavy atom. The lowest BCUT2D eigenvalue weighted by Crippen LogP contribution is -2.40. The minimum absolute atomic E-state index is 0.00930. The van der Waals surface area contributed by atoms with Crippen molar-refractivity contribution in [1.29, 1.82) is 0 Å². The normalized spacial score (nSPS) is 14.1. The molecule has 0 radical (unpaired) electrons. The molecular weight excluding hydrogens is 404 g/mol. The molecule has 6 nitrogen and oxygen atoms in total. The van der Waals surface area contributed by atoms with Crippen LogP contribution in [0.3, 0.4) is 0 Å². The molecule has 2 aromatic carbocycles. The van der Waals surface area contributed by atoms with Gasteiger partial charge in [-0.2, -0.15) is 0 Å². The maximum Gasteiger partial charge on any atom is 0.260 e. The lowest BCUT2D eigenvalue weighted by atomic mass is 10.1. The Morgan fingerprint density at radius 2 is 1.47 bits per heavy atom. The van der Waals surface area contributed by atoms with E-state index in [1.54, 1.807) is 9.80 Å². The fourth-order valence-corrected chi connectivity index (χ4v) is 3.80. The van der Waals surface area contributed by atoms with Crippen molar-refractivity contribution in [2.24, 2.45) is 0 Å². The quantitative estimate of drug-likeness (QED) is 0.630. The van der Waals surface area contributed by atoms with Crippen molar-refractivity contribution in [3.8, 4) is 11.5 Å². The summed E-state index contributed by atoms with van der Waals surface area (Å²) in [5, 5.41) is 0. The van der Waals surface area contributed by atoms with E-state index in [4.69, 9.17) is 9.47 Å². The Labute approximate surface area is 191 Å². The van der Waals surface area contributed by atoms with Crippen LogP contribution in [0, 0.1) is 13.8 Å². The average Bonchev–Trinajstić information content (AvgIpc) is 3.06. The molecule has 0 aliphatic carbocycles. The molecule has 0 unspecified atom stereocenters. The summed E-state index contributed by atoms with van der Waals surface area (Å²) in [5.74, 6) is 1.34. The molecule has 0 atom stereocenters. The van der Waals surface area contributed by atoms with Gasteiger partial charge in [0.05, 0.1) is 0 Å². The van der Waals surface area contributed by atoms with Gasteiger partial charge in [0.15, 0.2) is 13.2 Å². The zero-order chi connectivity index (χ0) is 22.9. The number of carbonyl (C=O) groups is 2. The molecule has 2 aromatic rings. The van der Waals surface area contributed by atoms with Crippen LogP contribution in [0.2, 0.25) is 0 Å². The summed E-state index contributed by atoms with van der Waals surface area (Å²) < 4.78 is 11.5. The highest BCUT2D eigenvalue weighted by Crippen LogP contribution is 2.20. The number of amides is 2. The maximum absolute atomic E-state index is 12.7. The SMILES string of the molecule is CCCc1ccc(OCC(=O)N2CCCN(C(=O)COc3cccc(C)c3C)CC2)cc1. The molecule has 0 N–H and O–H groups in total. The molecule has 0 aromatic heterocycles. The molecule has 32 heavy (non-hydrogen) atoms. The second-order valence-corrected chi connectivity index (χ2v) is 8.28. The third-order valence-electron chi connectivity index (χ3n) is 5.93. The number of hydrogen-bond acceptors (Lipinski definition) is 4. The molecule has 172 valence electrons. The standard InChI is InChI=1S/C26H34N2O4/c1-4-7-22-10-12-23(13-11-22)31-18-25(29)27-14-6-15-28(17-16-27)26(30)19-32-24-9-5-8-20(2)21(24)3/h5,8-13H,4,6-7,14-19H2,1-3H3. The molecule has 6 heteroatoms. The molecule has 0 spiro atoms. The highest BCUT2D eigenvalue weighted by atomic mass is 16.5. The zero-order valence-corrected chi connectivity index (χ0v) is 19.4. The summed E-state index contributed by atoms with van der Waals surface area (Å²) in [6, 6.07) is 13.7. The largest absolute Gasteiger partial charge is 0.484 e. The summed E-state index contributed by atoms with van der Waals surface area (Å²) in [6.45, 7) is 8.45. The minimum Gasteiger partial charge on any atom is -0.484 e. The molecular formula is C26H34N2O4. The van der Waals surface area contributed by atoms with E-state index in [1.807, 2.05) is 56.3 Å². The van der Waals surface area contributed by atoms with E-state index in [-0.39, 0.29) is 25.0 Å². The van der Waals surface area contributed by atoms with Gasteiger partial charge in [0.1, 0.15) is 11.5 Å². The lowest BCUT2D eigenvalue weighted by molar-refractivity contribution is -0.135. The summed E-state index contributed by atoms with van der Waals surface area (Å²) >= 11 is 0. The molecule has 1 aliphatic rings. The topological polar surface area (TPSA) is 59.1 Å². The van der Waals surface area contributed by atoms with Gasteiger partial charge < -0.3 is 19.3 Å². The first-order chi connectivity index (χ1) is 15.5. The predicted octanol–water partition coefficient (Wildman–Crippen LogP) is 3.77. The molecule has 3 rings (SSSR count).